The summed E-state index contributed by atoms with van der Waals surface area (Å²) < 4.78 is 39.8. The molecule has 0 aliphatic carbocycles. The molecule has 1 nitrogen and oxygen atoms in total. The zero-order valence-electron chi connectivity index (χ0n) is 12.6. The summed E-state index contributed by atoms with van der Waals surface area (Å²) in [4.78, 5) is 0.866. The van der Waals surface area contributed by atoms with Gasteiger partial charge in [0.2, 0.25) is 0 Å². The summed E-state index contributed by atoms with van der Waals surface area (Å²) in [5.41, 5.74) is 2.50. The van der Waals surface area contributed by atoms with Gasteiger partial charge in [-0.25, -0.2) is 13.2 Å². The highest BCUT2D eigenvalue weighted by Gasteiger charge is 2.19. The number of hydrogen-bond donors (Lipinski definition) is 1. The zero-order valence-corrected chi connectivity index (χ0v) is 14.9. The molecule has 1 aliphatic heterocycles. The Kier molecular flexibility index (Phi) is 5.65. The molecule has 1 aliphatic rings. The van der Waals surface area contributed by atoms with Crippen molar-refractivity contribution < 1.29 is 13.2 Å². The Morgan fingerprint density at radius 1 is 0.917 bits per heavy atom. The Morgan fingerprint density at radius 2 is 1.54 bits per heavy atom. The smallest absolute Gasteiger partial charge is 0.194 e. The van der Waals surface area contributed by atoms with Crippen LogP contribution >= 0.6 is 35.0 Å². The molecule has 0 unspecified atom stereocenters. The molecule has 7 heteroatoms. The normalized spacial score (nSPS) is 14.4. The molecule has 128 valence electrons. The molecule has 0 radical (unpaired) electrons. The molecule has 3 rings (SSSR count). The minimum Gasteiger partial charge on any atom is -0.316 e. The molecule has 0 saturated heterocycles. The number of halogens is 5. The lowest BCUT2D eigenvalue weighted by molar-refractivity contribution is 0.446. The summed E-state index contributed by atoms with van der Waals surface area (Å²) >= 11 is 14.0. The van der Waals surface area contributed by atoms with Crippen molar-refractivity contribution in [2.24, 2.45) is 0 Å². The van der Waals surface area contributed by atoms with Crippen molar-refractivity contribution in [2.45, 2.75) is 23.5 Å². The van der Waals surface area contributed by atoms with E-state index in [9.17, 15) is 13.2 Å². The van der Waals surface area contributed by atoms with Crippen molar-refractivity contribution in [1.82, 2.24) is 5.32 Å². The van der Waals surface area contributed by atoms with E-state index in [1.807, 2.05) is 0 Å². The Balaban J connectivity index is 1.90. The van der Waals surface area contributed by atoms with Crippen LogP contribution in [0.5, 0.6) is 0 Å². The largest absolute Gasteiger partial charge is 0.316 e. The van der Waals surface area contributed by atoms with Crippen molar-refractivity contribution >= 4 is 35.0 Å². The average Bonchev–Trinajstić information content (AvgIpc) is 2.78. The quantitative estimate of drug-likeness (QED) is 0.555. The summed E-state index contributed by atoms with van der Waals surface area (Å²) in [6.45, 7) is 1.66. The van der Waals surface area contributed by atoms with Gasteiger partial charge in [-0.2, -0.15) is 0 Å². The maximum absolute atomic E-state index is 13.3. The molecule has 0 bridgehead atoms. The van der Waals surface area contributed by atoms with Crippen LogP contribution in [0, 0.1) is 17.5 Å². The van der Waals surface area contributed by atoms with Crippen LogP contribution < -0.4 is 5.32 Å². The molecule has 2 aromatic rings. The Morgan fingerprint density at radius 3 is 2.21 bits per heavy atom. The maximum Gasteiger partial charge on any atom is 0.194 e. The first kappa shape index (κ1) is 17.9. The average molecular weight is 392 g/mol. The van der Waals surface area contributed by atoms with Crippen LogP contribution in [-0.4, -0.2) is 13.1 Å². The summed E-state index contributed by atoms with van der Waals surface area (Å²) in [5, 5.41) is 4.47. The topological polar surface area (TPSA) is 12.0 Å². The summed E-state index contributed by atoms with van der Waals surface area (Å²) in [7, 11) is 0. The van der Waals surface area contributed by atoms with Gasteiger partial charge in [-0.15, -0.1) is 11.8 Å². The van der Waals surface area contributed by atoms with Gasteiger partial charge in [-0.3, -0.25) is 0 Å². The Hall–Kier alpha value is -0.880. The lowest BCUT2D eigenvalue weighted by Gasteiger charge is -2.15. The van der Waals surface area contributed by atoms with Gasteiger partial charge in [0.15, 0.2) is 17.5 Å². The molecule has 0 saturated carbocycles. The summed E-state index contributed by atoms with van der Waals surface area (Å²) in [6.07, 6.45) is 1.59. The van der Waals surface area contributed by atoms with E-state index in [1.165, 1.54) is 11.8 Å². The van der Waals surface area contributed by atoms with Gasteiger partial charge in [0.25, 0.3) is 0 Å². The number of fused-ring (bicyclic) bond motifs is 1. The third-order valence-corrected chi connectivity index (χ3v) is 5.91. The number of thioether (sulfide) groups is 1. The molecular formula is C17H14Cl2F3NS. The molecule has 1 N–H and O–H groups in total. The number of hydrogen-bond acceptors (Lipinski definition) is 2. The van der Waals surface area contributed by atoms with Crippen LogP contribution in [-0.2, 0) is 18.6 Å². The molecule has 0 aromatic heterocycles. The Labute approximate surface area is 152 Å². The van der Waals surface area contributed by atoms with Crippen LogP contribution in [0.15, 0.2) is 23.1 Å². The highest BCUT2D eigenvalue weighted by molar-refractivity contribution is 7.98. The summed E-state index contributed by atoms with van der Waals surface area (Å²) in [5.74, 6) is -3.53. The molecule has 2 aromatic carbocycles. The molecule has 0 fully saturated rings. The highest BCUT2D eigenvalue weighted by atomic mass is 35.5. The van der Waals surface area contributed by atoms with E-state index >= 15 is 0 Å². The Bertz CT molecular complexity index is 760. The molecule has 0 spiro atoms. The zero-order chi connectivity index (χ0) is 17.3. The first-order chi connectivity index (χ1) is 11.5. The predicted molar refractivity (Wildman–Crippen MR) is 92.6 cm³/mol. The molecular weight excluding hydrogens is 378 g/mol. The number of rotatable bonds is 3. The van der Waals surface area contributed by atoms with E-state index in [2.05, 4.69) is 5.32 Å². The minimum absolute atomic E-state index is 0.287. The lowest BCUT2D eigenvalue weighted by atomic mass is 10.0. The van der Waals surface area contributed by atoms with Crippen molar-refractivity contribution in [1.29, 1.82) is 0 Å². The second kappa shape index (κ2) is 7.56. The SMILES string of the molecule is Fc1cc(CSc2c(Cl)cc(Cl)c3c2CCNCC3)cc(F)c1F. The predicted octanol–water partition coefficient (Wildman–Crippen LogP) is 5.39. The molecule has 0 amide bonds. The second-order valence-corrected chi connectivity index (χ2v) is 7.34. The van der Waals surface area contributed by atoms with Crippen molar-refractivity contribution in [2.75, 3.05) is 13.1 Å². The fourth-order valence-corrected chi connectivity index (χ4v) is 4.61. The van der Waals surface area contributed by atoms with Crippen LogP contribution in [0.3, 0.4) is 0 Å². The van der Waals surface area contributed by atoms with Crippen LogP contribution in [0.2, 0.25) is 10.0 Å². The molecule has 24 heavy (non-hydrogen) atoms. The van der Waals surface area contributed by atoms with E-state index in [1.54, 1.807) is 6.07 Å². The first-order valence-corrected chi connectivity index (χ1v) is 9.18. The van der Waals surface area contributed by atoms with Crippen molar-refractivity contribution in [3.63, 3.8) is 0 Å². The second-order valence-electron chi connectivity index (χ2n) is 5.54. The standard InChI is InChI=1S/C17H14Cl2F3NS/c18-12-7-13(19)17(11-2-4-23-3-1-10(11)12)24-8-9-5-14(20)16(22)15(21)6-9/h5-7,23H,1-4,8H2. The van der Waals surface area contributed by atoms with E-state index in [0.717, 1.165) is 54.1 Å². The fourth-order valence-electron chi connectivity index (χ4n) is 2.78. The van der Waals surface area contributed by atoms with E-state index in [4.69, 9.17) is 23.2 Å². The van der Waals surface area contributed by atoms with Gasteiger partial charge in [0.05, 0.1) is 5.02 Å². The monoisotopic (exact) mass is 391 g/mol. The molecule has 0 atom stereocenters. The number of benzene rings is 2. The van der Waals surface area contributed by atoms with Crippen LogP contribution in [0.1, 0.15) is 16.7 Å². The van der Waals surface area contributed by atoms with E-state index < -0.39 is 17.5 Å². The van der Waals surface area contributed by atoms with Crippen LogP contribution in [0.4, 0.5) is 13.2 Å². The van der Waals surface area contributed by atoms with Gasteiger partial charge in [0.1, 0.15) is 0 Å². The van der Waals surface area contributed by atoms with Crippen molar-refractivity contribution in [3.8, 4) is 0 Å². The third kappa shape index (κ3) is 3.69. The van der Waals surface area contributed by atoms with Gasteiger partial charge in [-0.05, 0) is 60.8 Å². The fraction of sp³-hybridized carbons (Fsp3) is 0.294. The van der Waals surface area contributed by atoms with Gasteiger partial charge < -0.3 is 5.32 Å². The maximum atomic E-state index is 13.3. The van der Waals surface area contributed by atoms with Crippen molar-refractivity contribution in [3.05, 3.63) is 62.4 Å². The summed E-state index contributed by atoms with van der Waals surface area (Å²) in [6, 6.07) is 3.73. The number of nitrogens with one attached hydrogen (secondary N) is 1. The van der Waals surface area contributed by atoms with Crippen LogP contribution in [0.25, 0.3) is 0 Å². The third-order valence-electron chi connectivity index (χ3n) is 3.93. The first-order valence-electron chi connectivity index (χ1n) is 7.44. The lowest BCUT2D eigenvalue weighted by Crippen LogP contribution is -2.16. The van der Waals surface area contributed by atoms with Gasteiger partial charge in [-0.1, -0.05) is 23.2 Å². The van der Waals surface area contributed by atoms with Gasteiger partial charge in [0, 0.05) is 15.7 Å². The molecule has 1 heterocycles. The van der Waals surface area contributed by atoms with E-state index in [-0.39, 0.29) is 5.75 Å². The minimum atomic E-state index is -1.45. The highest BCUT2D eigenvalue weighted by Crippen LogP contribution is 2.39. The van der Waals surface area contributed by atoms with E-state index in [0.29, 0.717) is 15.6 Å². The van der Waals surface area contributed by atoms with Gasteiger partial charge >= 0.3 is 0 Å².